The van der Waals surface area contributed by atoms with Crippen molar-refractivity contribution in [3.8, 4) is 22.6 Å². The number of carboxylic acids is 1. The maximum Gasteiger partial charge on any atom is 0.586 e. The Balaban J connectivity index is 0.00000274. The summed E-state index contributed by atoms with van der Waals surface area (Å²) in [5, 5.41) is 12.0. The molecule has 3 aromatic carbocycles. The van der Waals surface area contributed by atoms with Gasteiger partial charge in [-0.05, 0) is 78.4 Å². The Hall–Kier alpha value is -3.94. The molecule has 1 aliphatic heterocycles. The molecule has 5 rings (SSSR count). The van der Waals surface area contributed by atoms with Gasteiger partial charge in [0.1, 0.15) is 0 Å². The lowest BCUT2D eigenvalue weighted by atomic mass is 9.94. The van der Waals surface area contributed by atoms with Gasteiger partial charge < -0.3 is 19.9 Å². The monoisotopic (exact) mass is 453 g/mol. The molecule has 3 aromatic rings. The number of amides is 1. The van der Waals surface area contributed by atoms with Gasteiger partial charge in [0.05, 0.1) is 11.0 Å². The largest absolute Gasteiger partial charge is 0.586 e. The summed E-state index contributed by atoms with van der Waals surface area (Å²) in [5.74, 6) is -1.37. The molecule has 33 heavy (non-hydrogen) atoms. The molecule has 0 saturated heterocycles. The molecule has 2 N–H and O–H groups in total. The number of fused-ring (bicyclic) bond motifs is 1. The van der Waals surface area contributed by atoms with Crippen LogP contribution in [0.3, 0.4) is 0 Å². The van der Waals surface area contributed by atoms with Crippen LogP contribution in [-0.2, 0) is 10.2 Å². The molecule has 2 aliphatic rings. The third-order valence-corrected chi connectivity index (χ3v) is 6.08. The molecule has 0 bridgehead atoms. The van der Waals surface area contributed by atoms with Crippen molar-refractivity contribution in [2.45, 2.75) is 31.5 Å². The predicted molar refractivity (Wildman–Crippen MR) is 118 cm³/mol. The van der Waals surface area contributed by atoms with Gasteiger partial charge in [-0.25, -0.2) is 4.79 Å². The zero-order valence-electron chi connectivity index (χ0n) is 17.5. The Morgan fingerprint density at radius 3 is 2.33 bits per heavy atom. The van der Waals surface area contributed by atoms with Crippen LogP contribution in [-0.4, -0.2) is 23.3 Å². The molecule has 0 unspecified atom stereocenters. The average molecular weight is 453 g/mol. The molecule has 1 saturated carbocycles. The highest BCUT2D eigenvalue weighted by Crippen LogP contribution is 2.52. The fraction of sp³-hybridized carbons (Fsp3) is 0.200. The van der Waals surface area contributed by atoms with Crippen LogP contribution in [0.1, 0.15) is 35.8 Å². The second-order valence-electron chi connectivity index (χ2n) is 8.28. The smallest absolute Gasteiger partial charge is 0.478 e. The number of hydrogen-bond acceptors (Lipinski definition) is 4. The van der Waals surface area contributed by atoms with E-state index in [4.69, 9.17) is 5.11 Å². The van der Waals surface area contributed by atoms with Crippen LogP contribution in [0, 0.1) is 6.92 Å². The third kappa shape index (κ3) is 3.77. The fourth-order valence-electron chi connectivity index (χ4n) is 4.07. The standard InChI is InChI=1S/C25H19F2NO5.H2/c1-14-2-8-18(13-19(14)15-3-5-16(6-4-15)22(29)30)28-23(31)24(10-11-24)17-7-9-20-21(12-17)33-25(26,27)32-20;/h2-9,12-13H,10-11H2,1H3,(H,28,31)(H,29,30);1H. The molecule has 1 fully saturated rings. The minimum atomic E-state index is -3.71. The lowest BCUT2D eigenvalue weighted by Crippen LogP contribution is -2.28. The number of aromatic carboxylic acids is 1. The van der Waals surface area contributed by atoms with E-state index in [0.29, 0.717) is 24.1 Å². The van der Waals surface area contributed by atoms with Gasteiger partial charge in [0, 0.05) is 7.11 Å². The van der Waals surface area contributed by atoms with E-state index >= 15 is 0 Å². The van der Waals surface area contributed by atoms with Crippen molar-refractivity contribution >= 4 is 17.6 Å². The van der Waals surface area contributed by atoms with Gasteiger partial charge in [-0.15, -0.1) is 8.78 Å². The van der Waals surface area contributed by atoms with E-state index in [0.717, 1.165) is 16.7 Å². The molecule has 1 heterocycles. The highest BCUT2D eigenvalue weighted by Gasteiger charge is 2.52. The van der Waals surface area contributed by atoms with Gasteiger partial charge in [-0.3, -0.25) is 4.79 Å². The Morgan fingerprint density at radius 2 is 1.67 bits per heavy atom. The lowest BCUT2D eigenvalue weighted by Gasteiger charge is -2.17. The molecular formula is C25H21F2NO5. The van der Waals surface area contributed by atoms with E-state index in [1.54, 1.807) is 24.3 Å². The summed E-state index contributed by atoms with van der Waals surface area (Å²) in [6.07, 6.45) is -2.53. The molecule has 1 amide bonds. The van der Waals surface area contributed by atoms with Crippen LogP contribution in [0.2, 0.25) is 0 Å². The van der Waals surface area contributed by atoms with Crippen molar-refractivity contribution in [2.24, 2.45) is 0 Å². The van der Waals surface area contributed by atoms with Gasteiger partial charge in [0.2, 0.25) is 5.91 Å². The Labute approximate surface area is 189 Å². The molecule has 0 spiro atoms. The topological polar surface area (TPSA) is 84.9 Å². The summed E-state index contributed by atoms with van der Waals surface area (Å²) >= 11 is 0. The summed E-state index contributed by atoms with van der Waals surface area (Å²) in [4.78, 5) is 24.3. The highest BCUT2D eigenvalue weighted by molar-refractivity contribution is 6.02. The Bertz CT molecular complexity index is 1290. The van der Waals surface area contributed by atoms with Crippen molar-refractivity contribution in [1.82, 2.24) is 0 Å². The van der Waals surface area contributed by atoms with E-state index in [2.05, 4.69) is 14.8 Å². The number of anilines is 1. The van der Waals surface area contributed by atoms with Crippen LogP contribution in [0.4, 0.5) is 14.5 Å². The molecule has 0 aromatic heterocycles. The maximum absolute atomic E-state index is 13.3. The fourth-order valence-corrected chi connectivity index (χ4v) is 4.07. The average Bonchev–Trinajstić information content (AvgIpc) is 3.52. The number of halogens is 2. The summed E-state index contributed by atoms with van der Waals surface area (Å²) in [7, 11) is 0. The molecule has 8 heteroatoms. The zero-order chi connectivity index (χ0) is 23.4. The van der Waals surface area contributed by atoms with Gasteiger partial charge in [0.25, 0.3) is 0 Å². The number of nitrogens with one attached hydrogen (secondary N) is 1. The molecule has 6 nitrogen and oxygen atoms in total. The third-order valence-electron chi connectivity index (χ3n) is 6.08. The second kappa shape index (κ2) is 7.30. The lowest BCUT2D eigenvalue weighted by molar-refractivity contribution is -0.286. The summed E-state index contributed by atoms with van der Waals surface area (Å²) < 4.78 is 35.7. The van der Waals surface area contributed by atoms with Crippen LogP contribution in [0.5, 0.6) is 11.5 Å². The summed E-state index contributed by atoms with van der Waals surface area (Å²) in [6.45, 7) is 1.93. The number of hydrogen-bond donors (Lipinski definition) is 2. The first kappa shape index (κ1) is 20.9. The minimum absolute atomic E-state index is 0. The number of carbonyl (C=O) groups is 2. The molecule has 0 radical (unpaired) electrons. The Kier molecular flexibility index (Phi) is 4.63. The quantitative estimate of drug-likeness (QED) is 0.526. The van der Waals surface area contributed by atoms with E-state index in [1.165, 1.54) is 24.3 Å². The molecule has 0 atom stereocenters. The van der Waals surface area contributed by atoms with E-state index in [1.807, 2.05) is 19.1 Å². The number of benzene rings is 3. The van der Waals surface area contributed by atoms with Crippen LogP contribution in [0.25, 0.3) is 11.1 Å². The van der Waals surface area contributed by atoms with Gasteiger partial charge in [-0.2, -0.15) is 0 Å². The van der Waals surface area contributed by atoms with Crippen LogP contribution >= 0.6 is 0 Å². The first-order valence-corrected chi connectivity index (χ1v) is 10.3. The Morgan fingerprint density at radius 1 is 0.970 bits per heavy atom. The molecule has 170 valence electrons. The molecule has 1 aliphatic carbocycles. The van der Waals surface area contributed by atoms with Crippen molar-refractivity contribution in [2.75, 3.05) is 5.32 Å². The SMILES string of the molecule is Cc1ccc(NC(=O)C2(c3ccc4c(c3)OC(F)(F)O4)CC2)cc1-c1ccc(C(=O)O)cc1.[HH]. The van der Waals surface area contributed by atoms with E-state index < -0.39 is 17.7 Å². The number of aryl methyl sites for hydroxylation is 1. The van der Waals surface area contributed by atoms with Gasteiger partial charge >= 0.3 is 12.3 Å². The van der Waals surface area contributed by atoms with Crippen LogP contribution < -0.4 is 14.8 Å². The second-order valence-corrected chi connectivity index (χ2v) is 8.28. The minimum Gasteiger partial charge on any atom is -0.478 e. The predicted octanol–water partition coefficient (Wildman–Crippen LogP) is 5.60. The number of ether oxygens (including phenoxy) is 2. The van der Waals surface area contributed by atoms with Crippen molar-refractivity contribution < 1.29 is 34.4 Å². The first-order chi connectivity index (χ1) is 15.7. The number of carbonyl (C=O) groups excluding carboxylic acids is 1. The van der Waals surface area contributed by atoms with Crippen LogP contribution in [0.15, 0.2) is 60.7 Å². The highest BCUT2D eigenvalue weighted by atomic mass is 19.3. The summed E-state index contributed by atoms with van der Waals surface area (Å²) in [5.41, 5.74) is 3.21. The zero-order valence-corrected chi connectivity index (χ0v) is 17.5. The number of alkyl halides is 2. The van der Waals surface area contributed by atoms with Gasteiger partial charge in [-0.1, -0.05) is 24.3 Å². The van der Waals surface area contributed by atoms with Crippen molar-refractivity contribution in [3.63, 3.8) is 0 Å². The summed E-state index contributed by atoms with van der Waals surface area (Å²) in [6, 6.07) is 16.5. The molecular weight excluding hydrogens is 432 g/mol. The number of carboxylic acid groups (broad SMARTS) is 1. The maximum atomic E-state index is 13.3. The van der Waals surface area contributed by atoms with Crippen molar-refractivity contribution in [1.29, 1.82) is 0 Å². The van der Waals surface area contributed by atoms with Gasteiger partial charge in [0.15, 0.2) is 11.5 Å². The normalized spacial score (nSPS) is 16.8. The first-order valence-electron chi connectivity index (χ1n) is 10.3. The van der Waals surface area contributed by atoms with E-state index in [9.17, 15) is 18.4 Å². The number of rotatable bonds is 5. The van der Waals surface area contributed by atoms with E-state index in [-0.39, 0.29) is 24.4 Å². The van der Waals surface area contributed by atoms with Crippen molar-refractivity contribution in [3.05, 3.63) is 77.4 Å².